The number of rotatable bonds is 4. The molecule has 7 heteroatoms. The Kier molecular flexibility index (Phi) is 4.58. The smallest absolute Gasteiger partial charge is 0.232 e. The SMILES string of the molecule is COc1ccc(-c2noc(C3CC(=O)N(c4ccc(C)c(Cl)c4)C3)n2)cc1. The van der Waals surface area contributed by atoms with Gasteiger partial charge >= 0.3 is 0 Å². The molecule has 0 N–H and O–H groups in total. The van der Waals surface area contributed by atoms with E-state index in [4.69, 9.17) is 20.9 Å². The van der Waals surface area contributed by atoms with Crippen LogP contribution >= 0.6 is 11.6 Å². The number of aromatic nitrogens is 2. The Hall–Kier alpha value is -2.86. The molecule has 0 bridgehead atoms. The van der Waals surface area contributed by atoms with Crippen LogP contribution < -0.4 is 9.64 Å². The number of halogens is 1. The zero-order chi connectivity index (χ0) is 19.0. The maximum Gasteiger partial charge on any atom is 0.232 e. The number of hydrogen-bond acceptors (Lipinski definition) is 5. The van der Waals surface area contributed by atoms with E-state index in [9.17, 15) is 4.79 Å². The maximum absolute atomic E-state index is 12.5. The van der Waals surface area contributed by atoms with Crippen LogP contribution in [0, 0.1) is 6.92 Å². The first-order valence-corrected chi connectivity index (χ1v) is 8.97. The third-order valence-electron chi connectivity index (χ3n) is 4.73. The Morgan fingerprint density at radius 3 is 2.70 bits per heavy atom. The van der Waals surface area contributed by atoms with Crippen LogP contribution in [0.1, 0.15) is 23.8 Å². The van der Waals surface area contributed by atoms with Crippen LogP contribution in [-0.2, 0) is 4.79 Å². The summed E-state index contributed by atoms with van der Waals surface area (Å²) in [5.74, 6) is 1.60. The highest BCUT2D eigenvalue weighted by Gasteiger charge is 2.35. The molecule has 1 unspecified atom stereocenters. The van der Waals surface area contributed by atoms with Crippen molar-refractivity contribution < 1.29 is 14.1 Å². The highest BCUT2D eigenvalue weighted by Crippen LogP contribution is 2.33. The van der Waals surface area contributed by atoms with E-state index in [0.717, 1.165) is 22.6 Å². The van der Waals surface area contributed by atoms with Crippen molar-refractivity contribution in [2.24, 2.45) is 0 Å². The van der Waals surface area contributed by atoms with Gasteiger partial charge in [-0.05, 0) is 48.9 Å². The quantitative estimate of drug-likeness (QED) is 0.674. The summed E-state index contributed by atoms with van der Waals surface area (Å²) in [6, 6.07) is 13.0. The van der Waals surface area contributed by atoms with Crippen LogP contribution in [0.25, 0.3) is 11.4 Å². The van der Waals surface area contributed by atoms with E-state index in [1.165, 1.54) is 0 Å². The minimum Gasteiger partial charge on any atom is -0.497 e. The Bertz CT molecular complexity index is 984. The minimum absolute atomic E-state index is 0.0177. The van der Waals surface area contributed by atoms with Crippen molar-refractivity contribution >= 4 is 23.2 Å². The lowest BCUT2D eigenvalue weighted by Gasteiger charge is -2.17. The van der Waals surface area contributed by atoms with Crippen molar-refractivity contribution in [1.29, 1.82) is 0 Å². The average Bonchev–Trinajstić information content (AvgIpc) is 3.31. The summed E-state index contributed by atoms with van der Waals surface area (Å²) in [6.07, 6.45) is 0.329. The normalized spacial score (nSPS) is 16.8. The molecule has 0 radical (unpaired) electrons. The molecule has 3 aromatic rings. The van der Waals surface area contributed by atoms with Crippen LogP contribution in [0.3, 0.4) is 0 Å². The number of ether oxygens (including phenoxy) is 1. The second kappa shape index (κ2) is 7.04. The third kappa shape index (κ3) is 3.40. The first kappa shape index (κ1) is 17.5. The Morgan fingerprint density at radius 2 is 2.00 bits per heavy atom. The summed E-state index contributed by atoms with van der Waals surface area (Å²) in [6.45, 7) is 2.42. The number of aryl methyl sites for hydroxylation is 1. The van der Waals surface area contributed by atoms with Gasteiger partial charge in [-0.2, -0.15) is 4.98 Å². The zero-order valence-corrected chi connectivity index (χ0v) is 15.7. The lowest BCUT2D eigenvalue weighted by Crippen LogP contribution is -2.24. The summed E-state index contributed by atoms with van der Waals surface area (Å²) in [5, 5.41) is 4.70. The molecule has 27 heavy (non-hydrogen) atoms. The van der Waals surface area contributed by atoms with Gasteiger partial charge in [-0.1, -0.05) is 22.8 Å². The number of benzene rings is 2. The van der Waals surface area contributed by atoms with Crippen LogP contribution in [0.5, 0.6) is 5.75 Å². The molecule has 2 heterocycles. The molecule has 0 saturated carbocycles. The number of amides is 1. The fourth-order valence-corrected chi connectivity index (χ4v) is 3.31. The molecule has 1 aromatic heterocycles. The van der Waals surface area contributed by atoms with Gasteiger partial charge in [0.15, 0.2) is 0 Å². The van der Waals surface area contributed by atoms with Gasteiger partial charge in [0.25, 0.3) is 0 Å². The van der Waals surface area contributed by atoms with Crippen molar-refractivity contribution in [2.75, 3.05) is 18.6 Å². The summed E-state index contributed by atoms with van der Waals surface area (Å²) in [5.41, 5.74) is 2.59. The first-order chi connectivity index (χ1) is 13.0. The number of methoxy groups -OCH3 is 1. The van der Waals surface area contributed by atoms with E-state index in [1.807, 2.05) is 49.4 Å². The predicted molar refractivity (Wildman–Crippen MR) is 102 cm³/mol. The van der Waals surface area contributed by atoms with E-state index < -0.39 is 0 Å². The van der Waals surface area contributed by atoms with Crippen molar-refractivity contribution in [3.8, 4) is 17.1 Å². The van der Waals surface area contributed by atoms with E-state index in [1.54, 1.807) is 12.0 Å². The van der Waals surface area contributed by atoms with Gasteiger partial charge in [-0.15, -0.1) is 0 Å². The molecule has 1 fully saturated rings. The van der Waals surface area contributed by atoms with Gasteiger partial charge in [0.2, 0.25) is 17.6 Å². The Labute approximate surface area is 161 Å². The number of hydrogen-bond donors (Lipinski definition) is 0. The largest absolute Gasteiger partial charge is 0.497 e. The molecule has 6 nitrogen and oxygen atoms in total. The van der Waals surface area contributed by atoms with Crippen LogP contribution in [0.2, 0.25) is 5.02 Å². The van der Waals surface area contributed by atoms with E-state index >= 15 is 0 Å². The van der Waals surface area contributed by atoms with Crippen molar-refractivity contribution in [3.63, 3.8) is 0 Å². The molecular formula is C20H18ClN3O3. The van der Waals surface area contributed by atoms with Gasteiger partial charge in [-0.25, -0.2) is 0 Å². The van der Waals surface area contributed by atoms with Crippen molar-refractivity contribution in [3.05, 3.63) is 58.9 Å². The zero-order valence-electron chi connectivity index (χ0n) is 15.0. The molecule has 138 valence electrons. The average molecular weight is 384 g/mol. The second-order valence-corrected chi connectivity index (χ2v) is 6.93. The van der Waals surface area contributed by atoms with Crippen LogP contribution in [0.4, 0.5) is 5.69 Å². The van der Waals surface area contributed by atoms with Crippen LogP contribution in [0.15, 0.2) is 47.0 Å². The molecule has 1 amide bonds. The van der Waals surface area contributed by atoms with E-state index in [0.29, 0.717) is 29.7 Å². The summed E-state index contributed by atoms with van der Waals surface area (Å²) < 4.78 is 10.6. The monoisotopic (exact) mass is 383 g/mol. The molecule has 4 rings (SSSR count). The standard InChI is InChI=1S/C20H18ClN3O3/c1-12-3-6-15(10-17(12)21)24-11-14(9-18(24)25)20-22-19(23-27-20)13-4-7-16(26-2)8-5-13/h3-8,10,14H,9,11H2,1-2H3. The minimum atomic E-state index is -0.142. The van der Waals surface area contributed by atoms with Gasteiger partial charge in [0.1, 0.15) is 5.75 Å². The van der Waals surface area contributed by atoms with Gasteiger partial charge < -0.3 is 14.2 Å². The maximum atomic E-state index is 12.5. The number of nitrogens with zero attached hydrogens (tertiary/aromatic N) is 3. The van der Waals surface area contributed by atoms with Crippen molar-refractivity contribution in [2.45, 2.75) is 19.3 Å². The molecule has 1 saturated heterocycles. The highest BCUT2D eigenvalue weighted by molar-refractivity contribution is 6.31. The molecule has 1 atom stereocenters. The molecule has 0 aliphatic carbocycles. The Morgan fingerprint density at radius 1 is 1.22 bits per heavy atom. The third-order valence-corrected chi connectivity index (χ3v) is 5.14. The second-order valence-electron chi connectivity index (χ2n) is 6.52. The number of carbonyl (C=O) groups excluding carboxylic acids is 1. The molecular weight excluding hydrogens is 366 g/mol. The first-order valence-electron chi connectivity index (χ1n) is 8.59. The van der Waals surface area contributed by atoms with Gasteiger partial charge in [-0.3, -0.25) is 4.79 Å². The van der Waals surface area contributed by atoms with Gasteiger partial charge in [0, 0.05) is 29.2 Å². The lowest BCUT2D eigenvalue weighted by atomic mass is 10.1. The number of anilines is 1. The van der Waals surface area contributed by atoms with Crippen molar-refractivity contribution in [1.82, 2.24) is 10.1 Å². The number of carbonyl (C=O) groups is 1. The molecule has 1 aliphatic rings. The predicted octanol–water partition coefficient (Wildman–Crippen LogP) is 4.23. The van der Waals surface area contributed by atoms with E-state index in [2.05, 4.69) is 10.1 Å². The molecule has 2 aromatic carbocycles. The van der Waals surface area contributed by atoms with Gasteiger partial charge in [0.05, 0.1) is 13.0 Å². The Balaban J connectivity index is 1.53. The molecule has 0 spiro atoms. The fraction of sp³-hybridized carbons (Fsp3) is 0.250. The summed E-state index contributed by atoms with van der Waals surface area (Å²) in [4.78, 5) is 18.7. The highest BCUT2D eigenvalue weighted by atomic mass is 35.5. The lowest BCUT2D eigenvalue weighted by molar-refractivity contribution is -0.117. The fourth-order valence-electron chi connectivity index (χ4n) is 3.13. The summed E-state index contributed by atoms with van der Waals surface area (Å²) >= 11 is 6.20. The van der Waals surface area contributed by atoms with E-state index in [-0.39, 0.29) is 11.8 Å². The topological polar surface area (TPSA) is 68.5 Å². The molecule has 1 aliphatic heterocycles. The summed E-state index contributed by atoms with van der Waals surface area (Å²) in [7, 11) is 1.62. The van der Waals surface area contributed by atoms with Crippen LogP contribution in [-0.4, -0.2) is 29.7 Å².